The first-order valence-electron chi connectivity index (χ1n) is 13.4. The standard InChI is InChI=1S/C27H39FN6O/c28-26-23(21-3-2-10-30-18-21)4-1-5-24(26)27(35)32-22-8-13-34(14-9-22)25-7-6-20(17-31-25)19-33-15-11-29-12-16-33/h3,6-7,10,17,22-24,26,29H,1-2,4-5,8-9,11-16,18-19H2,(H,32,35). The van der Waals surface area contributed by atoms with Crippen LogP contribution in [0.4, 0.5) is 10.2 Å². The molecule has 4 heterocycles. The second-order valence-electron chi connectivity index (χ2n) is 10.4. The van der Waals surface area contributed by atoms with Gasteiger partial charge in [-0.25, -0.2) is 9.37 Å². The van der Waals surface area contributed by atoms with Gasteiger partial charge in [-0.3, -0.25) is 14.7 Å². The zero-order chi connectivity index (χ0) is 24.0. The number of hydrogen-bond acceptors (Lipinski definition) is 6. The maximum atomic E-state index is 15.4. The number of halogens is 1. The van der Waals surface area contributed by atoms with Gasteiger partial charge in [0, 0.05) is 76.6 Å². The summed E-state index contributed by atoms with van der Waals surface area (Å²) in [6.45, 7) is 7.51. The van der Waals surface area contributed by atoms with Gasteiger partial charge in [0.25, 0.3) is 0 Å². The van der Waals surface area contributed by atoms with Crippen LogP contribution in [0.3, 0.4) is 0 Å². The summed E-state index contributed by atoms with van der Waals surface area (Å²) in [6, 6.07) is 4.42. The van der Waals surface area contributed by atoms with E-state index in [0.29, 0.717) is 13.0 Å². The van der Waals surface area contributed by atoms with Crippen molar-refractivity contribution in [2.75, 3.05) is 50.7 Å². The first-order valence-corrected chi connectivity index (χ1v) is 13.4. The average Bonchev–Trinajstić information content (AvgIpc) is 2.91. The van der Waals surface area contributed by atoms with Gasteiger partial charge >= 0.3 is 0 Å². The first-order chi connectivity index (χ1) is 17.2. The first kappa shape index (κ1) is 24.4. The molecule has 2 saturated heterocycles. The van der Waals surface area contributed by atoms with Crippen molar-refractivity contribution < 1.29 is 9.18 Å². The molecule has 3 aliphatic heterocycles. The van der Waals surface area contributed by atoms with Gasteiger partial charge in [-0.2, -0.15) is 0 Å². The average molecular weight is 483 g/mol. The molecule has 8 heteroatoms. The highest BCUT2D eigenvalue weighted by atomic mass is 19.1. The molecule has 0 spiro atoms. The Morgan fingerprint density at radius 1 is 1.11 bits per heavy atom. The predicted molar refractivity (Wildman–Crippen MR) is 138 cm³/mol. The van der Waals surface area contributed by atoms with Crippen LogP contribution < -0.4 is 15.5 Å². The van der Waals surface area contributed by atoms with E-state index in [0.717, 1.165) is 89.3 Å². The maximum Gasteiger partial charge on any atom is 0.226 e. The van der Waals surface area contributed by atoms with Gasteiger partial charge in [0.05, 0.1) is 12.5 Å². The number of piperazine rings is 1. The van der Waals surface area contributed by atoms with Gasteiger partial charge < -0.3 is 15.5 Å². The van der Waals surface area contributed by atoms with Crippen LogP contribution in [0.15, 0.2) is 35.0 Å². The highest BCUT2D eigenvalue weighted by Gasteiger charge is 2.40. The minimum Gasteiger partial charge on any atom is -0.356 e. The number of alkyl halides is 1. The Bertz CT molecular complexity index is 905. The zero-order valence-corrected chi connectivity index (χ0v) is 20.7. The molecule has 0 bridgehead atoms. The van der Waals surface area contributed by atoms with Crippen molar-refractivity contribution in [3.05, 3.63) is 35.5 Å². The topological polar surface area (TPSA) is 72.9 Å². The molecule has 1 aromatic rings. The Balaban J connectivity index is 1.09. The highest BCUT2D eigenvalue weighted by Crippen LogP contribution is 2.37. The quantitative estimate of drug-likeness (QED) is 0.610. The lowest BCUT2D eigenvalue weighted by atomic mass is 9.75. The van der Waals surface area contributed by atoms with Crippen molar-refractivity contribution in [1.29, 1.82) is 0 Å². The van der Waals surface area contributed by atoms with Crippen LogP contribution in [-0.4, -0.2) is 80.0 Å². The van der Waals surface area contributed by atoms with E-state index in [1.54, 1.807) is 0 Å². The molecule has 5 rings (SSSR count). The molecular weight excluding hydrogens is 443 g/mol. The van der Waals surface area contributed by atoms with Gasteiger partial charge in [0.1, 0.15) is 12.0 Å². The molecule has 0 radical (unpaired) electrons. The summed E-state index contributed by atoms with van der Waals surface area (Å²) in [4.78, 5) is 26.8. The Labute approximate surface area is 208 Å². The van der Waals surface area contributed by atoms with Crippen LogP contribution in [0, 0.1) is 11.8 Å². The molecule has 1 aliphatic carbocycles. The molecule has 2 N–H and O–H groups in total. The third kappa shape index (κ3) is 6.09. The Kier molecular flexibility index (Phi) is 8.09. The number of nitrogens with one attached hydrogen (secondary N) is 2. The summed E-state index contributed by atoms with van der Waals surface area (Å²) in [6.07, 6.45) is 9.76. The van der Waals surface area contributed by atoms with Crippen LogP contribution in [0.5, 0.6) is 0 Å². The molecule has 3 atom stereocenters. The van der Waals surface area contributed by atoms with Crippen molar-refractivity contribution in [1.82, 2.24) is 20.5 Å². The summed E-state index contributed by atoms with van der Waals surface area (Å²) in [5.74, 6) is 0.208. The van der Waals surface area contributed by atoms with Crippen molar-refractivity contribution in [2.24, 2.45) is 16.8 Å². The summed E-state index contributed by atoms with van der Waals surface area (Å²) in [5.41, 5.74) is 2.33. The lowest BCUT2D eigenvalue weighted by Crippen LogP contribution is -2.49. The maximum absolute atomic E-state index is 15.4. The lowest BCUT2D eigenvalue weighted by Gasteiger charge is -2.37. The highest BCUT2D eigenvalue weighted by molar-refractivity contribution is 5.80. The number of carbonyl (C=O) groups is 1. The molecule has 3 unspecified atom stereocenters. The number of aliphatic imine (C=N–C) groups is 1. The van der Waals surface area contributed by atoms with Crippen LogP contribution in [0.1, 0.15) is 44.1 Å². The number of amides is 1. The number of carbonyl (C=O) groups excluding carboxylic acids is 1. The van der Waals surface area contributed by atoms with E-state index in [4.69, 9.17) is 4.98 Å². The number of allylic oxidation sites excluding steroid dienone is 1. The molecule has 1 amide bonds. The van der Waals surface area contributed by atoms with E-state index < -0.39 is 12.1 Å². The monoisotopic (exact) mass is 482 g/mol. The largest absolute Gasteiger partial charge is 0.356 e. The lowest BCUT2D eigenvalue weighted by molar-refractivity contribution is -0.129. The fourth-order valence-corrected chi connectivity index (χ4v) is 5.99. The van der Waals surface area contributed by atoms with Gasteiger partial charge in [-0.1, -0.05) is 18.6 Å². The molecule has 0 aromatic carbocycles. The zero-order valence-electron chi connectivity index (χ0n) is 20.7. The number of aromatic nitrogens is 1. The van der Waals surface area contributed by atoms with Crippen molar-refractivity contribution in [3.63, 3.8) is 0 Å². The van der Waals surface area contributed by atoms with Crippen LogP contribution in [0.25, 0.3) is 0 Å². The van der Waals surface area contributed by atoms with E-state index in [9.17, 15) is 4.79 Å². The SMILES string of the molecule is O=C(NC1CCN(c2ccc(CN3CCNCC3)cn2)CC1)C1CCCC(C2=CCC=NC2)C1F. The predicted octanol–water partition coefficient (Wildman–Crippen LogP) is 2.73. The number of nitrogens with zero attached hydrogens (tertiary/aromatic N) is 4. The minimum absolute atomic E-state index is 0.101. The number of pyridine rings is 1. The molecule has 3 fully saturated rings. The molecular formula is C27H39FN6O. The van der Waals surface area contributed by atoms with Crippen LogP contribution in [-0.2, 0) is 11.3 Å². The molecule has 7 nitrogen and oxygen atoms in total. The third-order valence-electron chi connectivity index (χ3n) is 8.09. The molecule has 35 heavy (non-hydrogen) atoms. The van der Waals surface area contributed by atoms with Gasteiger partial charge in [0.2, 0.25) is 5.91 Å². The number of dihydropyridines is 1. The molecule has 1 aromatic heterocycles. The van der Waals surface area contributed by atoms with Crippen LogP contribution in [0.2, 0.25) is 0 Å². The Morgan fingerprint density at radius 2 is 1.94 bits per heavy atom. The van der Waals surface area contributed by atoms with Crippen molar-refractivity contribution in [3.8, 4) is 0 Å². The van der Waals surface area contributed by atoms with E-state index in [1.165, 1.54) is 5.56 Å². The second-order valence-corrected chi connectivity index (χ2v) is 10.4. The van der Waals surface area contributed by atoms with Crippen molar-refractivity contribution >= 4 is 17.9 Å². The fourth-order valence-electron chi connectivity index (χ4n) is 5.99. The van der Waals surface area contributed by atoms with Crippen LogP contribution >= 0.6 is 0 Å². The molecule has 190 valence electrons. The van der Waals surface area contributed by atoms with E-state index in [-0.39, 0.29) is 17.9 Å². The summed E-state index contributed by atoms with van der Waals surface area (Å²) < 4.78 is 15.4. The smallest absolute Gasteiger partial charge is 0.226 e. The normalized spacial score (nSPS) is 28.5. The van der Waals surface area contributed by atoms with Gasteiger partial charge in [-0.15, -0.1) is 0 Å². The number of hydrogen-bond donors (Lipinski definition) is 2. The Morgan fingerprint density at radius 3 is 2.66 bits per heavy atom. The number of piperidine rings is 1. The van der Waals surface area contributed by atoms with E-state index >= 15 is 4.39 Å². The number of anilines is 1. The minimum atomic E-state index is -1.10. The van der Waals surface area contributed by atoms with Crippen molar-refractivity contribution in [2.45, 2.75) is 57.3 Å². The van der Waals surface area contributed by atoms with Gasteiger partial charge in [0.15, 0.2) is 0 Å². The second kappa shape index (κ2) is 11.6. The van der Waals surface area contributed by atoms with E-state index in [2.05, 4.69) is 43.6 Å². The molecule has 1 saturated carbocycles. The summed E-state index contributed by atoms with van der Waals surface area (Å²) >= 11 is 0. The summed E-state index contributed by atoms with van der Waals surface area (Å²) in [7, 11) is 0. The van der Waals surface area contributed by atoms with Gasteiger partial charge in [-0.05, 0) is 42.9 Å². The third-order valence-corrected chi connectivity index (χ3v) is 8.09. The molecule has 4 aliphatic rings. The summed E-state index contributed by atoms with van der Waals surface area (Å²) in [5, 5.41) is 6.57. The number of rotatable bonds is 6. The fraction of sp³-hybridized carbons (Fsp3) is 0.667. The van der Waals surface area contributed by atoms with E-state index in [1.807, 2.05) is 12.4 Å². The Hall–Kier alpha value is -2.32.